The Hall–Kier alpha value is -1.75. The topological polar surface area (TPSA) is 73.6 Å². The molecule has 0 radical (unpaired) electrons. The van der Waals surface area contributed by atoms with E-state index >= 15 is 0 Å². The highest BCUT2D eigenvalue weighted by Gasteiger charge is 2.29. The van der Waals surface area contributed by atoms with Crippen LogP contribution < -0.4 is 20.5 Å². The van der Waals surface area contributed by atoms with E-state index in [1.807, 2.05) is 0 Å². The Morgan fingerprint density at radius 2 is 1.95 bits per heavy atom. The van der Waals surface area contributed by atoms with Crippen LogP contribution in [-0.2, 0) is 0 Å². The molecule has 1 atom stereocenters. The minimum atomic E-state index is -0.217. The number of carbonyl (C=O) groups is 1. The zero-order chi connectivity index (χ0) is 13.8. The molecule has 104 valence electrons. The standard InChI is InChI=1S/C14H20N2O3/c1-18-11-4-3-5-12(19-2)13(11)14(17)16-8-10(15)9-6-7-9/h3-5,9-10H,6-8,15H2,1-2H3,(H,16,17). The Morgan fingerprint density at radius 3 is 2.42 bits per heavy atom. The Kier molecular flexibility index (Phi) is 4.27. The number of carbonyl (C=O) groups excluding carboxylic acids is 1. The third-order valence-corrected chi connectivity index (χ3v) is 3.38. The van der Waals surface area contributed by atoms with Crippen LogP contribution in [-0.4, -0.2) is 32.7 Å². The molecule has 1 aliphatic rings. The second-order valence-electron chi connectivity index (χ2n) is 4.75. The highest BCUT2D eigenvalue weighted by molar-refractivity contribution is 5.99. The number of amides is 1. The van der Waals surface area contributed by atoms with Crippen molar-refractivity contribution in [2.45, 2.75) is 18.9 Å². The molecule has 2 rings (SSSR count). The van der Waals surface area contributed by atoms with Gasteiger partial charge in [0.15, 0.2) is 0 Å². The highest BCUT2D eigenvalue weighted by atomic mass is 16.5. The van der Waals surface area contributed by atoms with Gasteiger partial charge in [0.25, 0.3) is 5.91 Å². The van der Waals surface area contributed by atoms with Crippen LogP contribution in [0, 0.1) is 5.92 Å². The average molecular weight is 264 g/mol. The molecule has 1 aliphatic carbocycles. The zero-order valence-electron chi connectivity index (χ0n) is 11.3. The Labute approximate surface area is 113 Å². The van der Waals surface area contributed by atoms with Crippen LogP contribution in [0.4, 0.5) is 0 Å². The van der Waals surface area contributed by atoms with E-state index in [2.05, 4.69) is 5.32 Å². The van der Waals surface area contributed by atoms with Crippen molar-refractivity contribution in [1.29, 1.82) is 0 Å². The number of ether oxygens (including phenoxy) is 2. The van der Waals surface area contributed by atoms with Crippen LogP contribution in [0.25, 0.3) is 0 Å². The summed E-state index contributed by atoms with van der Waals surface area (Å²) in [6.45, 7) is 0.477. The predicted molar refractivity (Wildman–Crippen MR) is 72.6 cm³/mol. The van der Waals surface area contributed by atoms with Crippen LogP contribution in [0.1, 0.15) is 23.2 Å². The van der Waals surface area contributed by atoms with Crippen molar-refractivity contribution >= 4 is 5.91 Å². The SMILES string of the molecule is COc1cccc(OC)c1C(=O)NCC(N)C1CC1. The Balaban J connectivity index is 2.08. The summed E-state index contributed by atoms with van der Waals surface area (Å²) >= 11 is 0. The molecule has 0 bridgehead atoms. The molecule has 1 aromatic rings. The molecule has 0 spiro atoms. The monoisotopic (exact) mass is 264 g/mol. The molecule has 1 unspecified atom stereocenters. The molecule has 1 amide bonds. The third-order valence-electron chi connectivity index (χ3n) is 3.38. The van der Waals surface area contributed by atoms with Crippen LogP contribution in [0.5, 0.6) is 11.5 Å². The van der Waals surface area contributed by atoms with Crippen LogP contribution in [0.15, 0.2) is 18.2 Å². The van der Waals surface area contributed by atoms with Crippen molar-refractivity contribution in [2.24, 2.45) is 11.7 Å². The number of methoxy groups -OCH3 is 2. The van der Waals surface area contributed by atoms with Crippen LogP contribution >= 0.6 is 0 Å². The second-order valence-corrected chi connectivity index (χ2v) is 4.75. The average Bonchev–Trinajstić information content (AvgIpc) is 3.27. The third kappa shape index (κ3) is 3.17. The molecule has 0 heterocycles. The van der Waals surface area contributed by atoms with Gasteiger partial charge in [-0.15, -0.1) is 0 Å². The molecular weight excluding hydrogens is 244 g/mol. The van der Waals surface area contributed by atoms with E-state index in [-0.39, 0.29) is 11.9 Å². The smallest absolute Gasteiger partial charge is 0.258 e. The minimum absolute atomic E-state index is 0.0321. The summed E-state index contributed by atoms with van der Waals surface area (Å²) in [6, 6.07) is 5.28. The number of nitrogens with two attached hydrogens (primary N) is 1. The van der Waals surface area contributed by atoms with E-state index < -0.39 is 0 Å². The minimum Gasteiger partial charge on any atom is -0.496 e. The quantitative estimate of drug-likeness (QED) is 0.809. The maximum Gasteiger partial charge on any atom is 0.258 e. The van der Waals surface area contributed by atoms with Gasteiger partial charge in [-0.2, -0.15) is 0 Å². The van der Waals surface area contributed by atoms with Gasteiger partial charge in [0.2, 0.25) is 0 Å². The number of benzene rings is 1. The van der Waals surface area contributed by atoms with E-state index in [1.54, 1.807) is 18.2 Å². The van der Waals surface area contributed by atoms with Crippen LogP contribution in [0.2, 0.25) is 0 Å². The lowest BCUT2D eigenvalue weighted by Crippen LogP contribution is -2.38. The van der Waals surface area contributed by atoms with E-state index in [0.29, 0.717) is 29.5 Å². The molecule has 0 aromatic heterocycles. The first-order chi connectivity index (χ1) is 9.17. The van der Waals surface area contributed by atoms with Crippen molar-refractivity contribution in [1.82, 2.24) is 5.32 Å². The molecule has 3 N–H and O–H groups in total. The van der Waals surface area contributed by atoms with Gasteiger partial charge in [-0.25, -0.2) is 0 Å². The molecule has 1 aromatic carbocycles. The summed E-state index contributed by atoms with van der Waals surface area (Å²) in [4.78, 5) is 12.2. The molecule has 1 fully saturated rings. The largest absolute Gasteiger partial charge is 0.496 e. The van der Waals surface area contributed by atoms with E-state index in [0.717, 1.165) is 12.8 Å². The molecule has 0 saturated heterocycles. The molecule has 0 aliphatic heterocycles. The lowest BCUT2D eigenvalue weighted by atomic mass is 10.1. The van der Waals surface area contributed by atoms with Crippen molar-refractivity contribution in [2.75, 3.05) is 20.8 Å². The van der Waals surface area contributed by atoms with Gasteiger partial charge >= 0.3 is 0 Å². The number of rotatable bonds is 6. The summed E-state index contributed by atoms with van der Waals surface area (Å²) in [5.41, 5.74) is 6.38. The summed E-state index contributed by atoms with van der Waals surface area (Å²) in [5.74, 6) is 1.33. The zero-order valence-corrected chi connectivity index (χ0v) is 11.3. The van der Waals surface area contributed by atoms with Gasteiger partial charge in [0, 0.05) is 12.6 Å². The lowest BCUT2D eigenvalue weighted by molar-refractivity contribution is 0.0944. The van der Waals surface area contributed by atoms with Gasteiger partial charge in [-0.1, -0.05) is 6.07 Å². The number of nitrogens with one attached hydrogen (secondary N) is 1. The van der Waals surface area contributed by atoms with Crippen LogP contribution in [0.3, 0.4) is 0 Å². The molecular formula is C14H20N2O3. The van der Waals surface area contributed by atoms with Crippen molar-refractivity contribution < 1.29 is 14.3 Å². The van der Waals surface area contributed by atoms with Gasteiger partial charge in [-0.05, 0) is 30.9 Å². The van der Waals surface area contributed by atoms with Gasteiger partial charge in [-0.3, -0.25) is 4.79 Å². The molecule has 5 heteroatoms. The van der Waals surface area contributed by atoms with Gasteiger partial charge in [0.1, 0.15) is 17.1 Å². The molecule has 5 nitrogen and oxygen atoms in total. The van der Waals surface area contributed by atoms with Crippen molar-refractivity contribution in [3.63, 3.8) is 0 Å². The maximum atomic E-state index is 12.2. The fourth-order valence-electron chi connectivity index (χ4n) is 2.06. The van der Waals surface area contributed by atoms with Crippen molar-refractivity contribution in [3.05, 3.63) is 23.8 Å². The fourth-order valence-corrected chi connectivity index (χ4v) is 2.06. The first-order valence-electron chi connectivity index (χ1n) is 6.42. The summed E-state index contributed by atoms with van der Waals surface area (Å²) in [6.07, 6.45) is 2.32. The number of hydrogen-bond donors (Lipinski definition) is 2. The predicted octanol–water partition coefficient (Wildman–Crippen LogP) is 1.17. The first kappa shape index (κ1) is 13.7. The normalized spacial score (nSPS) is 15.7. The molecule has 1 saturated carbocycles. The number of hydrogen-bond acceptors (Lipinski definition) is 4. The second kappa shape index (κ2) is 5.93. The van der Waals surface area contributed by atoms with E-state index in [9.17, 15) is 4.79 Å². The Morgan fingerprint density at radius 1 is 1.37 bits per heavy atom. The van der Waals surface area contributed by atoms with E-state index in [4.69, 9.17) is 15.2 Å². The van der Waals surface area contributed by atoms with Crippen molar-refractivity contribution in [3.8, 4) is 11.5 Å². The highest BCUT2D eigenvalue weighted by Crippen LogP contribution is 2.31. The first-order valence-corrected chi connectivity index (χ1v) is 6.42. The summed E-state index contributed by atoms with van der Waals surface area (Å²) in [5, 5.41) is 2.85. The van der Waals surface area contributed by atoms with E-state index in [1.165, 1.54) is 14.2 Å². The maximum absolute atomic E-state index is 12.2. The Bertz CT molecular complexity index is 436. The fraction of sp³-hybridized carbons (Fsp3) is 0.500. The lowest BCUT2D eigenvalue weighted by Gasteiger charge is -2.15. The van der Waals surface area contributed by atoms with Gasteiger partial charge in [0.05, 0.1) is 14.2 Å². The summed E-state index contributed by atoms with van der Waals surface area (Å²) < 4.78 is 10.4. The summed E-state index contributed by atoms with van der Waals surface area (Å²) in [7, 11) is 3.06. The molecule has 19 heavy (non-hydrogen) atoms. The van der Waals surface area contributed by atoms with Gasteiger partial charge < -0.3 is 20.5 Å².